The fourth-order valence-corrected chi connectivity index (χ4v) is 9.85. The van der Waals surface area contributed by atoms with Crippen LogP contribution in [0.2, 0.25) is 0 Å². The molecule has 0 radical (unpaired) electrons. The fraction of sp³-hybridized carbons (Fsp3) is 0.419. The van der Waals surface area contributed by atoms with Crippen LogP contribution in [0.5, 0.6) is 0 Å². The number of hydrogen-bond donors (Lipinski definition) is 4. The van der Waals surface area contributed by atoms with Crippen LogP contribution in [-0.4, -0.2) is 218 Å². The molecule has 0 atom stereocenters. The lowest BCUT2D eigenvalue weighted by Crippen LogP contribution is -2.39. The summed E-state index contributed by atoms with van der Waals surface area (Å²) in [6.45, 7) is 21.5. The van der Waals surface area contributed by atoms with Crippen molar-refractivity contribution < 1.29 is 33.3 Å². The third kappa shape index (κ3) is 17.6. The third-order valence-electron chi connectivity index (χ3n) is 14.6. The first-order valence-electron chi connectivity index (χ1n) is 29.2. The molecular weight excluding hydrogens is 1070 g/mol. The maximum Gasteiger partial charge on any atom is 0.379 e. The van der Waals surface area contributed by atoms with Gasteiger partial charge in [0.2, 0.25) is 0 Å². The molecule has 4 aliphatic heterocycles. The SMILES string of the molecule is CCOC(=O)C(=O)c1ccccc1.Nc1c(NCCN2CCOCC2)nc(-c2ccccc2)nc1NCCN1CCOCC1.O=c1c(-c2ccccc2)nc2c(NCCN3CCOCC3)nc(-c3ccccc3)nc2n1CCN1CCOCC1. The van der Waals surface area contributed by atoms with E-state index in [9.17, 15) is 14.4 Å². The summed E-state index contributed by atoms with van der Waals surface area (Å²) >= 11 is 0. The van der Waals surface area contributed by atoms with E-state index in [2.05, 4.69) is 40.3 Å². The van der Waals surface area contributed by atoms with Gasteiger partial charge < -0.3 is 45.4 Å². The number of fused-ring (bicyclic) bond motifs is 1. The molecule has 22 nitrogen and oxygen atoms in total. The number of nitrogens with two attached hydrogens (primary N) is 1. The van der Waals surface area contributed by atoms with Crippen LogP contribution in [0.3, 0.4) is 0 Å². The van der Waals surface area contributed by atoms with Crippen LogP contribution < -0.4 is 27.2 Å². The highest BCUT2D eigenvalue weighted by atomic mass is 16.5. The number of benzene rings is 4. The molecular formula is C62H78N14O8. The molecule has 4 fully saturated rings. The van der Waals surface area contributed by atoms with Crippen LogP contribution in [-0.2, 0) is 35.0 Å². The lowest BCUT2D eigenvalue weighted by atomic mass is 10.1. The number of morpholine rings is 4. The van der Waals surface area contributed by atoms with Gasteiger partial charge in [-0.1, -0.05) is 121 Å². The Hall–Kier alpha value is -7.80. The van der Waals surface area contributed by atoms with Gasteiger partial charge in [-0.3, -0.25) is 33.8 Å². The van der Waals surface area contributed by atoms with E-state index in [1.165, 1.54) is 0 Å². The zero-order valence-electron chi connectivity index (χ0n) is 48.0. The van der Waals surface area contributed by atoms with Crippen LogP contribution in [0, 0.1) is 0 Å². The molecule has 444 valence electrons. The number of Topliss-reactive ketones (excluding diaryl/α,β-unsaturated/α-hetero) is 1. The lowest BCUT2D eigenvalue weighted by molar-refractivity contribution is -0.137. The predicted octanol–water partition coefficient (Wildman–Crippen LogP) is 5.24. The molecule has 5 N–H and O–H groups in total. The van der Waals surface area contributed by atoms with Gasteiger partial charge in [-0.2, -0.15) is 0 Å². The van der Waals surface area contributed by atoms with E-state index in [4.69, 9.17) is 49.6 Å². The maximum absolute atomic E-state index is 14.0. The summed E-state index contributed by atoms with van der Waals surface area (Å²) in [6.07, 6.45) is 0. The molecule has 7 aromatic rings. The molecule has 0 spiro atoms. The zero-order valence-corrected chi connectivity index (χ0v) is 48.0. The Morgan fingerprint density at radius 1 is 0.488 bits per heavy atom. The molecule has 0 saturated carbocycles. The average molecular weight is 1150 g/mol. The number of carbonyl (C=O) groups is 2. The number of carbonyl (C=O) groups excluding carboxylic acids is 2. The number of ether oxygens (including phenoxy) is 5. The number of aromatic nitrogens is 6. The van der Waals surface area contributed by atoms with Gasteiger partial charge in [-0.25, -0.2) is 29.7 Å². The van der Waals surface area contributed by atoms with Gasteiger partial charge in [0.05, 0.1) is 59.5 Å². The van der Waals surface area contributed by atoms with Crippen LogP contribution in [0.25, 0.3) is 45.2 Å². The monoisotopic (exact) mass is 1150 g/mol. The number of esters is 1. The van der Waals surface area contributed by atoms with Crippen LogP contribution in [0.15, 0.2) is 126 Å². The normalized spacial score (nSPS) is 16.1. The quantitative estimate of drug-likeness (QED) is 0.0408. The number of nitrogens with one attached hydrogen (secondary N) is 3. The smallest absolute Gasteiger partial charge is 0.379 e. The Morgan fingerprint density at radius 3 is 1.31 bits per heavy atom. The summed E-state index contributed by atoms with van der Waals surface area (Å²) in [7, 11) is 0. The Morgan fingerprint density at radius 2 is 0.869 bits per heavy atom. The summed E-state index contributed by atoms with van der Waals surface area (Å²) in [5.41, 5.74) is 11.4. The number of anilines is 4. The van der Waals surface area contributed by atoms with Crippen molar-refractivity contribution in [3.63, 3.8) is 0 Å². The van der Waals surface area contributed by atoms with Crippen molar-refractivity contribution in [3.8, 4) is 34.0 Å². The minimum atomic E-state index is -0.797. The summed E-state index contributed by atoms with van der Waals surface area (Å²) < 4.78 is 28.2. The maximum atomic E-state index is 14.0. The lowest BCUT2D eigenvalue weighted by Gasteiger charge is -2.27. The van der Waals surface area contributed by atoms with Gasteiger partial charge in [-0.05, 0) is 6.92 Å². The van der Waals surface area contributed by atoms with Crippen LogP contribution >= 0.6 is 0 Å². The molecule has 0 bridgehead atoms. The summed E-state index contributed by atoms with van der Waals surface area (Å²) in [5, 5.41) is 10.4. The molecule has 0 aliphatic carbocycles. The molecule has 22 heteroatoms. The molecule has 4 aromatic carbocycles. The molecule has 0 amide bonds. The van der Waals surface area contributed by atoms with Gasteiger partial charge in [-0.15, -0.1) is 0 Å². The minimum absolute atomic E-state index is 0.149. The van der Waals surface area contributed by atoms with Gasteiger partial charge >= 0.3 is 5.97 Å². The predicted molar refractivity (Wildman–Crippen MR) is 326 cm³/mol. The van der Waals surface area contributed by atoms with Crippen molar-refractivity contribution in [3.05, 3.63) is 137 Å². The van der Waals surface area contributed by atoms with Gasteiger partial charge in [0.25, 0.3) is 11.3 Å². The van der Waals surface area contributed by atoms with Crippen molar-refractivity contribution in [2.75, 3.05) is 179 Å². The van der Waals surface area contributed by atoms with Crippen molar-refractivity contribution in [2.24, 2.45) is 0 Å². The van der Waals surface area contributed by atoms with E-state index < -0.39 is 11.8 Å². The highest BCUT2D eigenvalue weighted by Gasteiger charge is 2.23. The second-order valence-corrected chi connectivity index (χ2v) is 20.3. The van der Waals surface area contributed by atoms with Crippen molar-refractivity contribution >= 4 is 46.1 Å². The number of rotatable bonds is 21. The largest absolute Gasteiger partial charge is 0.460 e. The summed E-state index contributed by atoms with van der Waals surface area (Å²) in [4.78, 5) is 69.9. The second-order valence-electron chi connectivity index (χ2n) is 20.3. The van der Waals surface area contributed by atoms with E-state index in [0.29, 0.717) is 83.5 Å². The minimum Gasteiger partial charge on any atom is -0.460 e. The second kappa shape index (κ2) is 32.3. The molecule has 84 heavy (non-hydrogen) atoms. The van der Waals surface area contributed by atoms with Crippen molar-refractivity contribution in [1.82, 2.24) is 49.1 Å². The van der Waals surface area contributed by atoms with E-state index in [-0.39, 0.29) is 12.2 Å². The van der Waals surface area contributed by atoms with E-state index in [1.807, 2.05) is 91.0 Å². The molecule has 3 aromatic heterocycles. The topological polar surface area (TPSA) is 242 Å². The average Bonchev–Trinajstić information content (AvgIpc) is 3.40. The van der Waals surface area contributed by atoms with Crippen LogP contribution in [0.4, 0.5) is 23.1 Å². The summed E-state index contributed by atoms with van der Waals surface area (Å²) in [5.74, 6) is 1.82. The number of nitrogens with zero attached hydrogens (tertiary/aromatic N) is 10. The Balaban J connectivity index is 0.000000170. The first kappa shape index (κ1) is 60.8. The molecule has 0 unspecified atom stereocenters. The Kier molecular flexibility index (Phi) is 23.4. The van der Waals surface area contributed by atoms with Crippen molar-refractivity contribution in [1.29, 1.82) is 0 Å². The third-order valence-corrected chi connectivity index (χ3v) is 14.6. The van der Waals surface area contributed by atoms with E-state index in [0.717, 1.165) is 148 Å². The standard InChI is InChI=1S/C30H35N7O3.C22H33N7O2.C10H10O3/c38-30-25(23-7-3-1-4-8-23)32-26-28(31-11-12-35-15-19-39-20-16-35)33-27(24-9-5-2-6-10-24)34-29(26)37(30)14-13-36-17-21-40-22-18-36;23-19-21(24-6-8-28-10-14-30-15-11-28)26-20(18-4-2-1-3-5-18)27-22(19)25-7-9-29-12-16-31-17-13-29;1-2-13-10(12)9(11)8-6-4-3-5-7-8/h1-10H,11-22H2,(H,31,33,34);1-5H,6-17,23H2,(H2,24,25,26,27);3-7H,2H2,1H3. The highest BCUT2D eigenvalue weighted by molar-refractivity contribution is 6.40. The van der Waals surface area contributed by atoms with Crippen molar-refractivity contribution in [2.45, 2.75) is 13.5 Å². The number of ketones is 1. The summed E-state index contributed by atoms with van der Waals surface area (Å²) in [6, 6.07) is 37.9. The molecule has 7 heterocycles. The first-order chi connectivity index (χ1) is 41.3. The number of nitrogen functional groups attached to an aromatic ring is 1. The van der Waals surface area contributed by atoms with Gasteiger partial charge in [0, 0.05) is 127 Å². The van der Waals surface area contributed by atoms with Gasteiger partial charge in [0.15, 0.2) is 34.7 Å². The molecule has 11 rings (SSSR count). The van der Waals surface area contributed by atoms with Gasteiger partial charge in [0.1, 0.15) is 16.9 Å². The molecule has 4 aliphatic rings. The Bertz CT molecular complexity index is 3150. The highest BCUT2D eigenvalue weighted by Crippen LogP contribution is 2.29. The van der Waals surface area contributed by atoms with E-state index >= 15 is 0 Å². The Labute approximate surface area is 490 Å². The fourth-order valence-electron chi connectivity index (χ4n) is 9.85. The zero-order chi connectivity index (χ0) is 58.1. The number of hydrogen-bond acceptors (Lipinski definition) is 21. The van der Waals surface area contributed by atoms with E-state index in [1.54, 1.807) is 41.8 Å². The molecule has 4 saturated heterocycles. The van der Waals surface area contributed by atoms with Crippen LogP contribution in [0.1, 0.15) is 17.3 Å². The first-order valence-corrected chi connectivity index (χ1v) is 29.2.